The average Bonchev–Trinajstić information content (AvgIpc) is 3.40. The Hall–Kier alpha value is -3.96. The van der Waals surface area contributed by atoms with Crippen molar-refractivity contribution in [3.8, 4) is 22.8 Å². The van der Waals surface area contributed by atoms with Crippen molar-refractivity contribution in [1.82, 2.24) is 30.7 Å². The molecule has 2 heterocycles. The maximum absolute atomic E-state index is 12.9. The van der Waals surface area contributed by atoms with Crippen molar-refractivity contribution in [3.05, 3.63) is 63.8 Å². The number of benzene rings is 2. The van der Waals surface area contributed by atoms with Crippen LogP contribution in [0.5, 0.6) is 5.75 Å². The van der Waals surface area contributed by atoms with E-state index in [0.29, 0.717) is 21.9 Å². The SMILES string of the molecule is CC(=NNC(=O)c1nnn(-c2nonc2N)c1-c1ccc(Cl)c(Cl)c1)c1ccc(O)cc1. The number of amides is 1. The molecule has 0 saturated heterocycles. The van der Waals surface area contributed by atoms with Crippen molar-refractivity contribution < 1.29 is 14.5 Å². The number of rotatable bonds is 5. The van der Waals surface area contributed by atoms with Crippen LogP contribution in [-0.4, -0.2) is 42.0 Å². The van der Waals surface area contributed by atoms with Crippen LogP contribution in [0.1, 0.15) is 23.0 Å². The van der Waals surface area contributed by atoms with Gasteiger partial charge in [-0.2, -0.15) is 9.78 Å². The molecule has 2 aromatic heterocycles. The van der Waals surface area contributed by atoms with Gasteiger partial charge < -0.3 is 10.8 Å². The highest BCUT2D eigenvalue weighted by molar-refractivity contribution is 6.42. The van der Waals surface area contributed by atoms with E-state index in [9.17, 15) is 9.90 Å². The van der Waals surface area contributed by atoms with Crippen molar-refractivity contribution in [2.45, 2.75) is 6.92 Å². The lowest BCUT2D eigenvalue weighted by Crippen LogP contribution is -2.21. The molecule has 0 spiro atoms. The van der Waals surface area contributed by atoms with Gasteiger partial charge in [0, 0.05) is 5.56 Å². The van der Waals surface area contributed by atoms with E-state index in [1.807, 2.05) is 0 Å². The first kappa shape index (κ1) is 21.3. The van der Waals surface area contributed by atoms with E-state index in [4.69, 9.17) is 28.9 Å². The molecule has 4 rings (SSSR count). The molecule has 1 amide bonds. The normalized spacial score (nSPS) is 11.5. The summed E-state index contributed by atoms with van der Waals surface area (Å²) in [5.41, 5.74) is 10.1. The van der Waals surface area contributed by atoms with Gasteiger partial charge in [0.1, 0.15) is 11.4 Å². The van der Waals surface area contributed by atoms with E-state index in [2.05, 4.69) is 35.8 Å². The molecule has 0 bridgehead atoms. The average molecular weight is 473 g/mol. The fraction of sp³-hybridized carbons (Fsp3) is 0.0526. The van der Waals surface area contributed by atoms with Gasteiger partial charge in [0.25, 0.3) is 5.91 Å². The Morgan fingerprint density at radius 3 is 2.56 bits per heavy atom. The molecule has 0 aliphatic heterocycles. The van der Waals surface area contributed by atoms with E-state index in [-0.39, 0.29) is 33.8 Å². The molecular formula is C19H14Cl2N8O3. The highest BCUT2D eigenvalue weighted by atomic mass is 35.5. The molecule has 0 radical (unpaired) electrons. The number of nitrogens with one attached hydrogen (secondary N) is 1. The minimum absolute atomic E-state index is 0.0430. The van der Waals surface area contributed by atoms with E-state index in [0.717, 1.165) is 0 Å². The molecule has 0 atom stereocenters. The second kappa shape index (κ2) is 8.65. The number of halogens is 2. The van der Waals surface area contributed by atoms with Gasteiger partial charge in [0.2, 0.25) is 11.6 Å². The number of aromatic hydroxyl groups is 1. The Balaban J connectivity index is 1.73. The smallest absolute Gasteiger partial charge is 0.294 e. The topological polar surface area (TPSA) is 157 Å². The number of nitrogen functional groups attached to an aromatic ring is 1. The van der Waals surface area contributed by atoms with Gasteiger partial charge >= 0.3 is 0 Å². The number of aromatic nitrogens is 5. The number of hydrogen-bond donors (Lipinski definition) is 3. The van der Waals surface area contributed by atoms with Crippen molar-refractivity contribution in [2.75, 3.05) is 5.73 Å². The number of hydrazone groups is 1. The summed E-state index contributed by atoms with van der Waals surface area (Å²) in [6.07, 6.45) is 0. The van der Waals surface area contributed by atoms with Crippen molar-refractivity contribution in [3.63, 3.8) is 0 Å². The van der Waals surface area contributed by atoms with Crippen LogP contribution in [0, 0.1) is 0 Å². The highest BCUT2D eigenvalue weighted by Gasteiger charge is 2.25. The third kappa shape index (κ3) is 4.11. The zero-order chi connectivity index (χ0) is 22.8. The number of phenols is 1. The summed E-state index contributed by atoms with van der Waals surface area (Å²) in [7, 11) is 0. The number of carbonyl (C=O) groups excluding carboxylic acids is 1. The fourth-order valence-corrected chi connectivity index (χ4v) is 3.08. The van der Waals surface area contributed by atoms with E-state index in [1.54, 1.807) is 37.3 Å². The number of anilines is 1. The van der Waals surface area contributed by atoms with Crippen molar-refractivity contribution in [1.29, 1.82) is 0 Å². The predicted octanol–water partition coefficient (Wildman–Crippen LogP) is 3.07. The van der Waals surface area contributed by atoms with Crippen molar-refractivity contribution in [2.24, 2.45) is 5.10 Å². The van der Waals surface area contributed by atoms with Crippen LogP contribution in [-0.2, 0) is 0 Å². The first-order chi connectivity index (χ1) is 15.3. The summed E-state index contributed by atoms with van der Waals surface area (Å²) in [6.45, 7) is 1.70. The summed E-state index contributed by atoms with van der Waals surface area (Å²) in [5.74, 6) is -0.536. The maximum atomic E-state index is 12.9. The molecule has 11 nitrogen and oxygen atoms in total. The summed E-state index contributed by atoms with van der Waals surface area (Å²) < 4.78 is 5.84. The Bertz CT molecular complexity index is 1330. The molecule has 0 unspecified atom stereocenters. The number of phenolic OH excluding ortho intramolecular Hbond substituents is 1. The lowest BCUT2D eigenvalue weighted by Gasteiger charge is -2.07. The van der Waals surface area contributed by atoms with E-state index >= 15 is 0 Å². The molecular weight excluding hydrogens is 459 g/mol. The summed E-state index contributed by atoms with van der Waals surface area (Å²) in [4.78, 5) is 12.9. The second-order valence-electron chi connectivity index (χ2n) is 6.49. The number of hydrogen-bond acceptors (Lipinski definition) is 9. The first-order valence-electron chi connectivity index (χ1n) is 8.98. The van der Waals surface area contributed by atoms with Crippen LogP contribution in [0.2, 0.25) is 10.0 Å². The van der Waals surface area contributed by atoms with Crippen LogP contribution < -0.4 is 11.2 Å². The number of carbonyl (C=O) groups is 1. The second-order valence-corrected chi connectivity index (χ2v) is 7.30. The monoisotopic (exact) mass is 472 g/mol. The van der Waals surface area contributed by atoms with Gasteiger partial charge in [0.15, 0.2) is 5.69 Å². The molecule has 162 valence electrons. The first-order valence-corrected chi connectivity index (χ1v) is 9.74. The Morgan fingerprint density at radius 1 is 1.16 bits per heavy atom. The molecule has 4 N–H and O–H groups in total. The fourth-order valence-electron chi connectivity index (χ4n) is 2.78. The van der Waals surface area contributed by atoms with Gasteiger partial charge in [0.05, 0.1) is 15.8 Å². The zero-order valence-corrected chi connectivity index (χ0v) is 17.8. The number of nitrogens with two attached hydrogens (primary N) is 1. The maximum Gasteiger partial charge on any atom is 0.294 e. The van der Waals surface area contributed by atoms with Crippen molar-refractivity contribution >= 4 is 40.6 Å². The molecule has 4 aromatic rings. The van der Waals surface area contributed by atoms with Gasteiger partial charge in [-0.15, -0.1) is 5.10 Å². The van der Waals surface area contributed by atoms with Gasteiger partial charge in [-0.3, -0.25) is 4.79 Å². The third-order valence-corrected chi connectivity index (χ3v) is 5.12. The lowest BCUT2D eigenvalue weighted by atomic mass is 10.1. The van der Waals surface area contributed by atoms with Crippen LogP contribution >= 0.6 is 23.2 Å². The van der Waals surface area contributed by atoms with Crippen LogP contribution in [0.4, 0.5) is 5.82 Å². The van der Waals surface area contributed by atoms with Gasteiger partial charge in [-0.1, -0.05) is 34.5 Å². The molecule has 0 aliphatic carbocycles. The molecule has 2 aromatic carbocycles. The molecule has 0 saturated carbocycles. The minimum atomic E-state index is -0.648. The Labute approximate surface area is 190 Å². The molecule has 0 fully saturated rings. The van der Waals surface area contributed by atoms with Crippen LogP contribution in [0.3, 0.4) is 0 Å². The molecule has 13 heteroatoms. The quantitative estimate of drug-likeness (QED) is 0.295. The van der Waals surface area contributed by atoms with Crippen LogP contribution in [0.15, 0.2) is 52.2 Å². The van der Waals surface area contributed by atoms with E-state index in [1.165, 1.54) is 16.8 Å². The predicted molar refractivity (Wildman–Crippen MR) is 117 cm³/mol. The Kier molecular flexibility index (Phi) is 5.75. The Morgan fingerprint density at radius 2 is 1.91 bits per heavy atom. The van der Waals surface area contributed by atoms with Gasteiger partial charge in [-0.25, -0.2) is 10.1 Å². The standard InChI is InChI=1S/C19H14Cl2N8O3/c1-9(10-2-5-12(30)6-3-10)23-25-19(31)15-16(11-4-7-13(20)14(21)8-11)29(28-24-15)18-17(22)26-32-27-18/h2-8,30H,1H3,(H2,22,26)(H,25,31). The third-order valence-electron chi connectivity index (χ3n) is 4.38. The number of nitrogens with zero attached hydrogens (tertiary/aromatic N) is 6. The molecule has 0 aliphatic rings. The summed E-state index contributed by atoms with van der Waals surface area (Å²) in [6, 6.07) is 11.1. The molecule has 32 heavy (non-hydrogen) atoms. The summed E-state index contributed by atoms with van der Waals surface area (Å²) in [5, 5.41) is 29.3. The van der Waals surface area contributed by atoms with E-state index < -0.39 is 5.91 Å². The zero-order valence-electron chi connectivity index (χ0n) is 16.3. The highest BCUT2D eigenvalue weighted by Crippen LogP contribution is 2.31. The van der Waals surface area contributed by atoms with Gasteiger partial charge in [-0.05, 0) is 59.2 Å². The minimum Gasteiger partial charge on any atom is -0.508 e. The largest absolute Gasteiger partial charge is 0.508 e. The summed E-state index contributed by atoms with van der Waals surface area (Å²) >= 11 is 12.2. The van der Waals surface area contributed by atoms with Crippen LogP contribution in [0.25, 0.3) is 17.1 Å². The lowest BCUT2D eigenvalue weighted by molar-refractivity contribution is 0.0950.